The monoisotopic (exact) mass is 374 g/mol. The van der Waals surface area contributed by atoms with Crippen LogP contribution in [0.15, 0.2) is 47.4 Å². The van der Waals surface area contributed by atoms with Gasteiger partial charge in [-0.3, -0.25) is 0 Å². The van der Waals surface area contributed by atoms with Crippen LogP contribution in [0.2, 0.25) is 5.02 Å². The number of nitrogens with one attached hydrogen (secondary N) is 1. The maximum Gasteiger partial charge on any atom is 0.243 e. The highest BCUT2D eigenvalue weighted by Gasteiger charge is 2.23. The van der Waals surface area contributed by atoms with Crippen molar-refractivity contribution in [1.82, 2.24) is 9.62 Å². The maximum absolute atomic E-state index is 13.9. The van der Waals surface area contributed by atoms with Crippen molar-refractivity contribution in [2.75, 3.05) is 20.6 Å². The normalized spacial score (nSPS) is 13.2. The van der Waals surface area contributed by atoms with Crippen molar-refractivity contribution in [2.24, 2.45) is 0 Å². The Morgan fingerprint density at radius 3 is 2.46 bits per heavy atom. The first kappa shape index (κ1) is 18.8. The topological polar surface area (TPSA) is 49.4 Å². The molecule has 130 valence electrons. The average Bonchev–Trinajstić information content (AvgIpc) is 2.49. The Hall–Kier alpha value is -1.54. The summed E-state index contributed by atoms with van der Waals surface area (Å²) in [7, 11) is -0.610. The van der Waals surface area contributed by atoms with Crippen LogP contribution in [0, 0.1) is 11.6 Å². The Kier molecular flexibility index (Phi) is 5.92. The maximum atomic E-state index is 13.9. The summed E-state index contributed by atoms with van der Waals surface area (Å²) in [6, 6.07) is 9.23. The van der Waals surface area contributed by atoms with Gasteiger partial charge in [0, 0.05) is 12.6 Å². The highest BCUT2D eigenvalue weighted by Crippen LogP contribution is 2.23. The molecule has 1 N–H and O–H groups in total. The van der Waals surface area contributed by atoms with Crippen molar-refractivity contribution >= 4 is 21.6 Å². The van der Waals surface area contributed by atoms with Gasteiger partial charge in [-0.1, -0.05) is 29.8 Å². The van der Waals surface area contributed by atoms with Gasteiger partial charge in [-0.15, -0.1) is 0 Å². The van der Waals surface area contributed by atoms with Crippen LogP contribution in [0.1, 0.15) is 11.6 Å². The molecule has 8 heteroatoms. The fourth-order valence-corrected chi connectivity index (χ4v) is 3.64. The van der Waals surface area contributed by atoms with Crippen LogP contribution in [0.4, 0.5) is 8.78 Å². The van der Waals surface area contributed by atoms with Gasteiger partial charge < -0.3 is 4.90 Å². The molecule has 0 saturated heterocycles. The Morgan fingerprint density at radius 1 is 1.17 bits per heavy atom. The summed E-state index contributed by atoms with van der Waals surface area (Å²) in [4.78, 5) is 1.22. The van der Waals surface area contributed by atoms with Crippen molar-refractivity contribution in [3.05, 3.63) is 64.7 Å². The van der Waals surface area contributed by atoms with Gasteiger partial charge in [0.25, 0.3) is 0 Å². The number of rotatable bonds is 6. The molecule has 0 aliphatic carbocycles. The smallest absolute Gasteiger partial charge is 0.243 e. The number of hydrogen-bond donors (Lipinski definition) is 1. The molecule has 0 spiro atoms. The van der Waals surface area contributed by atoms with Crippen LogP contribution in [-0.2, 0) is 10.0 Å². The number of nitrogens with zero attached hydrogens (tertiary/aromatic N) is 1. The standard InChI is InChI=1S/C16H17ClF2N2O2S/c1-21(2)14(11-5-3-6-12(18)9-11)10-20-24(22,23)15-8-4-7-13(17)16(15)19/h3-9,14,20H,10H2,1-2H3. The predicted molar refractivity (Wildman–Crippen MR) is 89.4 cm³/mol. The molecule has 1 atom stereocenters. The van der Waals surface area contributed by atoms with E-state index in [0.29, 0.717) is 5.56 Å². The summed E-state index contributed by atoms with van der Waals surface area (Å²) in [6.07, 6.45) is 0. The van der Waals surface area contributed by atoms with E-state index in [9.17, 15) is 17.2 Å². The first-order valence-corrected chi connectivity index (χ1v) is 8.94. The Labute approximate surface area is 145 Å². The van der Waals surface area contributed by atoms with Gasteiger partial charge in [0.2, 0.25) is 10.0 Å². The third-order valence-corrected chi connectivity index (χ3v) is 5.26. The van der Waals surface area contributed by atoms with Gasteiger partial charge in [-0.25, -0.2) is 21.9 Å². The lowest BCUT2D eigenvalue weighted by molar-refractivity contribution is 0.298. The number of halogens is 3. The second-order valence-electron chi connectivity index (χ2n) is 5.44. The van der Waals surface area contributed by atoms with E-state index in [-0.39, 0.29) is 11.6 Å². The molecule has 2 aromatic carbocycles. The second kappa shape index (κ2) is 7.57. The molecule has 0 aliphatic rings. The van der Waals surface area contributed by atoms with Gasteiger partial charge in [0.05, 0.1) is 5.02 Å². The van der Waals surface area contributed by atoms with Crippen molar-refractivity contribution in [1.29, 1.82) is 0 Å². The Morgan fingerprint density at radius 2 is 1.83 bits per heavy atom. The van der Waals surface area contributed by atoms with E-state index in [0.717, 1.165) is 6.07 Å². The molecular formula is C16H17ClF2N2O2S. The number of benzene rings is 2. The zero-order chi connectivity index (χ0) is 17.9. The average molecular weight is 375 g/mol. The highest BCUT2D eigenvalue weighted by molar-refractivity contribution is 7.89. The second-order valence-corrected chi connectivity index (χ2v) is 7.58. The summed E-state index contributed by atoms with van der Waals surface area (Å²) in [5, 5.41) is -0.271. The third kappa shape index (κ3) is 4.30. The Bertz CT molecular complexity index is 829. The molecular weight excluding hydrogens is 358 g/mol. The molecule has 0 aromatic heterocycles. The van der Waals surface area contributed by atoms with Crippen LogP contribution in [0.5, 0.6) is 0 Å². The molecule has 0 radical (unpaired) electrons. The molecule has 24 heavy (non-hydrogen) atoms. The van der Waals surface area contributed by atoms with Gasteiger partial charge in [0.15, 0.2) is 5.82 Å². The van der Waals surface area contributed by atoms with Crippen LogP contribution in [0.25, 0.3) is 0 Å². The van der Waals surface area contributed by atoms with Crippen molar-refractivity contribution < 1.29 is 17.2 Å². The zero-order valence-electron chi connectivity index (χ0n) is 13.1. The third-order valence-electron chi connectivity index (χ3n) is 3.53. The van der Waals surface area contributed by atoms with Crippen LogP contribution < -0.4 is 4.72 Å². The van der Waals surface area contributed by atoms with E-state index >= 15 is 0 Å². The molecule has 0 fully saturated rings. The molecule has 0 heterocycles. The lowest BCUT2D eigenvalue weighted by Crippen LogP contribution is -2.35. The van der Waals surface area contributed by atoms with Crippen molar-refractivity contribution in [3.8, 4) is 0 Å². The highest BCUT2D eigenvalue weighted by atomic mass is 35.5. The minimum Gasteiger partial charge on any atom is -0.301 e. The number of sulfonamides is 1. The minimum atomic E-state index is -4.09. The minimum absolute atomic E-state index is 0.0509. The molecule has 0 bridgehead atoms. The molecule has 2 aromatic rings. The van der Waals surface area contributed by atoms with Gasteiger partial charge >= 0.3 is 0 Å². The van der Waals surface area contributed by atoms with E-state index in [4.69, 9.17) is 11.6 Å². The van der Waals surface area contributed by atoms with E-state index in [1.54, 1.807) is 31.1 Å². The molecule has 2 rings (SSSR count). The van der Waals surface area contributed by atoms with Gasteiger partial charge in [-0.05, 0) is 43.9 Å². The number of hydrogen-bond acceptors (Lipinski definition) is 3. The largest absolute Gasteiger partial charge is 0.301 e. The van der Waals surface area contributed by atoms with E-state index in [1.165, 1.54) is 24.3 Å². The number of likely N-dealkylation sites (N-methyl/N-ethyl adjacent to an activating group) is 1. The lowest BCUT2D eigenvalue weighted by atomic mass is 10.1. The fraction of sp³-hybridized carbons (Fsp3) is 0.250. The van der Waals surface area contributed by atoms with Crippen LogP contribution in [-0.4, -0.2) is 34.0 Å². The lowest BCUT2D eigenvalue weighted by Gasteiger charge is -2.25. The molecule has 4 nitrogen and oxygen atoms in total. The fourth-order valence-electron chi connectivity index (χ4n) is 2.27. The van der Waals surface area contributed by atoms with Gasteiger partial charge in [-0.2, -0.15) is 0 Å². The van der Waals surface area contributed by atoms with Gasteiger partial charge in [0.1, 0.15) is 10.7 Å². The van der Waals surface area contributed by atoms with Crippen molar-refractivity contribution in [3.63, 3.8) is 0 Å². The van der Waals surface area contributed by atoms with E-state index < -0.39 is 32.6 Å². The first-order valence-electron chi connectivity index (χ1n) is 7.08. The Balaban J connectivity index is 2.24. The molecule has 1 unspecified atom stereocenters. The SMILES string of the molecule is CN(C)C(CNS(=O)(=O)c1cccc(Cl)c1F)c1cccc(F)c1. The quantitative estimate of drug-likeness (QED) is 0.844. The summed E-state index contributed by atoms with van der Waals surface area (Å²) in [5.74, 6) is -1.41. The summed E-state index contributed by atoms with van der Waals surface area (Å²) in [6.45, 7) is -0.0509. The molecule has 0 saturated carbocycles. The first-order chi connectivity index (χ1) is 11.2. The van der Waals surface area contributed by atoms with Crippen molar-refractivity contribution in [2.45, 2.75) is 10.9 Å². The molecule has 0 amide bonds. The van der Waals surface area contributed by atoms with E-state index in [2.05, 4.69) is 4.72 Å². The molecule has 0 aliphatic heterocycles. The predicted octanol–water partition coefficient (Wildman–Crippen LogP) is 3.20. The van der Waals surface area contributed by atoms with Crippen LogP contribution in [0.3, 0.4) is 0 Å². The summed E-state index contributed by atoms with van der Waals surface area (Å²) >= 11 is 5.63. The van der Waals surface area contributed by atoms with Crippen LogP contribution >= 0.6 is 11.6 Å². The van der Waals surface area contributed by atoms with E-state index in [1.807, 2.05) is 0 Å². The summed E-state index contributed by atoms with van der Waals surface area (Å²) in [5.41, 5.74) is 0.606. The summed E-state index contributed by atoms with van der Waals surface area (Å²) < 4.78 is 54.4. The zero-order valence-corrected chi connectivity index (χ0v) is 14.7.